The zero-order valence-electron chi connectivity index (χ0n) is 54.8. The second-order valence-electron chi connectivity index (χ2n) is 23.8. The molecule has 89 heavy (non-hydrogen) atoms. The van der Waals surface area contributed by atoms with Gasteiger partial charge in [0.25, 0.3) is 11.1 Å². The summed E-state index contributed by atoms with van der Waals surface area (Å²) in [5, 5.41) is 0. The first kappa shape index (κ1) is 77.1. The minimum Gasteiger partial charge on any atom is -0.379 e. The average molecular weight is 1290 g/mol. The first-order valence-corrected chi connectivity index (χ1v) is 37.4. The lowest BCUT2D eigenvalue weighted by Gasteiger charge is -2.21. The molecule has 0 saturated heterocycles. The fraction of sp³-hybridized carbons (Fsp3) is 0.754. The highest BCUT2D eigenvalue weighted by Gasteiger charge is 2.27. The number of aromatic amines is 2. The summed E-state index contributed by atoms with van der Waals surface area (Å²) in [4.78, 5) is 55.3. The number of rotatable bonds is 55. The molecule has 7 N–H and O–H groups in total. The normalized spacial score (nSPS) is 13.8. The summed E-state index contributed by atoms with van der Waals surface area (Å²) in [5.74, 6) is -0.00446. The van der Waals surface area contributed by atoms with Crippen LogP contribution < -0.4 is 22.6 Å². The van der Waals surface area contributed by atoms with E-state index in [2.05, 4.69) is 43.8 Å². The highest BCUT2D eigenvalue weighted by molar-refractivity contribution is 7.53. The van der Waals surface area contributed by atoms with E-state index in [9.17, 15) is 23.6 Å². The lowest BCUT2D eigenvalue weighted by molar-refractivity contribution is 0.0530. The van der Waals surface area contributed by atoms with Crippen molar-refractivity contribution in [1.29, 1.82) is 0 Å². The van der Waals surface area contributed by atoms with Crippen LogP contribution in [0.15, 0.2) is 52.6 Å². The summed E-state index contributed by atoms with van der Waals surface area (Å²) < 4.78 is 68.7. The smallest absolute Gasteiger partial charge is 0.356 e. The predicted molar refractivity (Wildman–Crippen MR) is 357 cm³/mol. The topological polar surface area (TPSA) is 298 Å². The summed E-state index contributed by atoms with van der Waals surface area (Å²) in [6.45, 7) is 10.9. The van der Waals surface area contributed by atoms with E-state index < -0.39 is 44.9 Å². The number of benzene rings is 1. The molecule has 0 radical (unpaired) electrons. The molecule has 0 bridgehead atoms. The monoisotopic (exact) mass is 1290 g/mol. The van der Waals surface area contributed by atoms with Crippen molar-refractivity contribution in [1.82, 2.24) is 39.0 Å². The lowest BCUT2D eigenvalue weighted by Crippen LogP contribution is -2.19. The maximum atomic E-state index is 13.7. The van der Waals surface area contributed by atoms with Gasteiger partial charge in [-0.05, 0) is 32.3 Å². The van der Waals surface area contributed by atoms with E-state index in [-0.39, 0.29) is 62.3 Å². The highest BCUT2D eigenvalue weighted by atomic mass is 31.2. The van der Waals surface area contributed by atoms with Crippen LogP contribution >= 0.6 is 15.2 Å². The van der Waals surface area contributed by atoms with E-state index in [0.29, 0.717) is 37.7 Å². The van der Waals surface area contributed by atoms with Crippen molar-refractivity contribution in [3.05, 3.63) is 69.3 Å². The third-order valence-corrected chi connectivity index (χ3v) is 18.1. The van der Waals surface area contributed by atoms with Crippen LogP contribution in [0.4, 0.5) is 11.9 Å². The number of unbranched alkanes of at least 4 members (excludes halogenated alkanes) is 30. The number of nitrogens with one attached hydrogen (secondary N) is 2. The fourth-order valence-corrected chi connectivity index (χ4v) is 12.6. The van der Waals surface area contributed by atoms with Gasteiger partial charge in [0.05, 0.1) is 71.0 Å². The number of nitrogens with zero attached hydrogens (tertiary/aromatic N) is 6. The van der Waals surface area contributed by atoms with Crippen LogP contribution in [0.3, 0.4) is 0 Å². The minimum atomic E-state index is -3.91. The van der Waals surface area contributed by atoms with Crippen LogP contribution in [0, 0.1) is 0 Å². The molecule has 4 atom stereocenters. The number of hydrogen-bond acceptors (Lipinski definition) is 17. The van der Waals surface area contributed by atoms with Crippen molar-refractivity contribution in [2.45, 2.75) is 265 Å². The molecule has 1 aromatic carbocycles. The van der Waals surface area contributed by atoms with Crippen molar-refractivity contribution in [3.63, 3.8) is 0 Å². The number of aromatic nitrogens is 8. The van der Waals surface area contributed by atoms with E-state index in [1.807, 2.05) is 37.3 Å². The number of fused-ring (bicyclic) bond motifs is 2. The van der Waals surface area contributed by atoms with Crippen LogP contribution in [0.5, 0.6) is 0 Å². The number of H-pyrrole nitrogens is 2. The van der Waals surface area contributed by atoms with Crippen LogP contribution in [0.2, 0.25) is 0 Å². The lowest BCUT2D eigenvalue weighted by atomic mass is 10.0. The summed E-state index contributed by atoms with van der Waals surface area (Å²) in [6, 6.07) is 9.52. The molecular weight excluding hydrogens is 1170 g/mol. The molecule has 0 amide bonds. The maximum absolute atomic E-state index is 13.7. The number of anilines is 2. The Labute approximate surface area is 530 Å². The highest BCUT2D eigenvalue weighted by Crippen LogP contribution is 2.49. The summed E-state index contributed by atoms with van der Waals surface area (Å²) in [5.41, 5.74) is 12.4. The van der Waals surface area contributed by atoms with Gasteiger partial charge in [0.2, 0.25) is 11.9 Å². The summed E-state index contributed by atoms with van der Waals surface area (Å²) in [6.07, 6.45) is 44.0. The third-order valence-electron chi connectivity index (χ3n) is 15.5. The Balaban J connectivity index is 0.000000385. The molecule has 2 unspecified atom stereocenters. The number of imidazole rings is 2. The van der Waals surface area contributed by atoms with E-state index in [0.717, 1.165) is 31.2 Å². The first-order valence-electron chi connectivity index (χ1n) is 33.9. The van der Waals surface area contributed by atoms with Gasteiger partial charge in [-0.2, -0.15) is 9.97 Å². The Kier molecular flexibility index (Phi) is 41.2. The Morgan fingerprint density at radius 3 is 1.24 bits per heavy atom. The standard InChI is InChI=1S/C36H60N5O6P.C29H54N5O6P/c1-3-4-5-6-7-8-9-10-11-12-13-14-15-16-17-21-24-44-25-26-46-48(43,47-28-32-22-19-18-20-23-32)30-45-31(2)27-41-29-38-33-34(41)39-36(37)40-35(33)42;1-3-4-5-6-7-8-9-10-11-12-13-14-15-16-17-18-19-38-20-21-40-41(36,37)24-39-25(2)22-34-23-31-26-27(34)32-29(30)33-28(26)35/h18-20,22-23,29,31H,3-17,21,24-28,30H2,1-2H3,(H3,37,39,40,42);23,25H,3-22,24H2,1-2H3,(H,36,37)(H3,30,32,33,35)/t31-,48?;25-/m11/s1. The summed E-state index contributed by atoms with van der Waals surface area (Å²) >= 11 is 0. The van der Waals surface area contributed by atoms with Gasteiger partial charge in [0.15, 0.2) is 22.3 Å². The van der Waals surface area contributed by atoms with E-state index in [1.165, 1.54) is 192 Å². The third kappa shape index (κ3) is 35.3. The molecule has 0 saturated carbocycles. The van der Waals surface area contributed by atoms with E-state index in [1.54, 1.807) is 16.1 Å². The van der Waals surface area contributed by atoms with Gasteiger partial charge < -0.3 is 58.0 Å². The first-order chi connectivity index (χ1) is 43.2. The van der Waals surface area contributed by atoms with Gasteiger partial charge in [-0.15, -0.1) is 0 Å². The van der Waals surface area contributed by atoms with Crippen LogP contribution in [0.25, 0.3) is 22.3 Å². The van der Waals surface area contributed by atoms with Gasteiger partial charge in [-0.25, -0.2) is 9.97 Å². The molecule has 0 aliphatic rings. The Morgan fingerprint density at radius 2 is 0.843 bits per heavy atom. The molecule has 5 aromatic rings. The largest absolute Gasteiger partial charge is 0.379 e. The molecule has 4 aromatic heterocycles. The van der Waals surface area contributed by atoms with E-state index in [4.69, 9.17) is 44.0 Å². The van der Waals surface area contributed by atoms with Crippen LogP contribution in [0.1, 0.15) is 239 Å². The second-order valence-corrected chi connectivity index (χ2v) is 27.5. The Morgan fingerprint density at radius 1 is 0.483 bits per heavy atom. The van der Waals surface area contributed by atoms with Gasteiger partial charge in [0.1, 0.15) is 12.7 Å². The van der Waals surface area contributed by atoms with Crippen molar-refractivity contribution in [2.24, 2.45) is 0 Å². The van der Waals surface area contributed by atoms with Crippen molar-refractivity contribution >= 4 is 49.4 Å². The molecule has 506 valence electrons. The van der Waals surface area contributed by atoms with Crippen LogP contribution in [-0.2, 0) is 61.3 Å². The summed E-state index contributed by atoms with van der Waals surface area (Å²) in [7, 11) is -7.52. The van der Waals surface area contributed by atoms with E-state index >= 15 is 0 Å². The Hall–Kier alpha value is -4.34. The molecule has 0 aliphatic carbocycles. The molecule has 5 rings (SSSR count). The van der Waals surface area contributed by atoms with Gasteiger partial charge in [-0.1, -0.05) is 237 Å². The molecule has 22 nitrogen and oxygen atoms in total. The van der Waals surface area contributed by atoms with Crippen LogP contribution in [-0.4, -0.2) is 108 Å². The van der Waals surface area contributed by atoms with Gasteiger partial charge >= 0.3 is 15.2 Å². The number of hydrogen-bond donors (Lipinski definition) is 5. The molecule has 0 aliphatic heterocycles. The minimum absolute atomic E-state index is 0.00654. The zero-order chi connectivity index (χ0) is 64.1. The fourth-order valence-electron chi connectivity index (χ4n) is 10.4. The molecule has 0 fully saturated rings. The molecule has 0 spiro atoms. The number of nitrogens with two attached hydrogens (primary N) is 2. The number of ether oxygens (including phenoxy) is 4. The SMILES string of the molecule is CCCCCCCCCCCCCCCCCCOCCOP(=O)(CO[C@H](C)Cn1cnc2c(=O)[nH]c(N)nc21)OCc1ccccc1.CCCCCCCCCCCCCCCCCCOCCOP(=O)(O)CO[C@H](C)Cn1cnc2c(=O)[nH]c(N)nc21. The molecule has 24 heteroatoms. The number of nitrogen functional groups attached to an aromatic ring is 2. The molecular formula is C65H114N10O12P2. The predicted octanol–water partition coefficient (Wildman–Crippen LogP) is 15.3. The average Bonchev–Trinajstić information content (AvgIpc) is 1.79. The maximum Gasteiger partial charge on any atom is 0.356 e. The quantitative estimate of drug-likeness (QED) is 0.0178. The van der Waals surface area contributed by atoms with Crippen molar-refractivity contribution in [2.75, 3.05) is 63.8 Å². The zero-order valence-corrected chi connectivity index (χ0v) is 56.6. The van der Waals surface area contributed by atoms with Gasteiger partial charge in [0, 0.05) is 13.2 Å². The van der Waals surface area contributed by atoms with Gasteiger partial charge in [-0.3, -0.25) is 28.7 Å². The van der Waals surface area contributed by atoms with Crippen molar-refractivity contribution in [3.8, 4) is 0 Å². The Bertz CT molecular complexity index is 2800. The molecule has 4 heterocycles. The second kappa shape index (κ2) is 47.5. The van der Waals surface area contributed by atoms with Crippen molar-refractivity contribution < 1.29 is 46.5 Å².